The lowest BCUT2D eigenvalue weighted by atomic mass is 10.2. The molecule has 5 heteroatoms. The maximum absolute atomic E-state index is 12.7. The maximum Gasteiger partial charge on any atom is 0.266 e. The minimum absolute atomic E-state index is 0.0485. The number of rotatable bonds is 4. The first-order valence-electron chi connectivity index (χ1n) is 6.79. The van der Waals surface area contributed by atoms with Gasteiger partial charge < -0.3 is 15.1 Å². The average Bonchev–Trinajstić information content (AvgIpc) is 3.13. The van der Waals surface area contributed by atoms with E-state index in [2.05, 4.69) is 0 Å². The standard InChI is InChI=1S/C16H16N2O2S/c1-2-18(10-11-6-5-9-20-11)16(19)15-14(17)12-7-3-4-8-13(12)21-15/h3-9H,2,10,17H2,1H3. The Balaban J connectivity index is 1.93. The first-order valence-corrected chi connectivity index (χ1v) is 7.61. The van der Waals surface area contributed by atoms with Gasteiger partial charge in [0.2, 0.25) is 0 Å². The van der Waals surface area contributed by atoms with Crippen molar-refractivity contribution < 1.29 is 9.21 Å². The summed E-state index contributed by atoms with van der Waals surface area (Å²) >= 11 is 1.44. The quantitative estimate of drug-likeness (QED) is 0.798. The molecule has 0 aliphatic carbocycles. The molecule has 1 amide bonds. The minimum atomic E-state index is -0.0485. The van der Waals surface area contributed by atoms with Gasteiger partial charge in [0.1, 0.15) is 10.6 Å². The summed E-state index contributed by atoms with van der Waals surface area (Å²) in [6.45, 7) is 3.01. The van der Waals surface area contributed by atoms with Gasteiger partial charge in [-0.3, -0.25) is 4.79 Å². The van der Waals surface area contributed by atoms with Crippen LogP contribution in [0.5, 0.6) is 0 Å². The Bertz CT molecular complexity index is 762. The molecular formula is C16H16N2O2S. The van der Waals surface area contributed by atoms with Crippen LogP contribution in [0.15, 0.2) is 47.1 Å². The van der Waals surface area contributed by atoms with Crippen molar-refractivity contribution in [1.82, 2.24) is 4.90 Å². The van der Waals surface area contributed by atoms with Gasteiger partial charge in [-0.15, -0.1) is 11.3 Å². The van der Waals surface area contributed by atoms with E-state index in [1.54, 1.807) is 11.2 Å². The summed E-state index contributed by atoms with van der Waals surface area (Å²) in [5.74, 6) is 0.720. The fraction of sp³-hybridized carbons (Fsp3) is 0.188. The van der Waals surface area contributed by atoms with Gasteiger partial charge in [-0.1, -0.05) is 18.2 Å². The number of nitrogen functional groups attached to an aromatic ring is 1. The third-order valence-corrected chi connectivity index (χ3v) is 4.60. The molecule has 0 radical (unpaired) electrons. The summed E-state index contributed by atoms with van der Waals surface area (Å²) in [5.41, 5.74) is 6.71. The van der Waals surface area contributed by atoms with E-state index in [1.165, 1.54) is 11.3 Å². The summed E-state index contributed by atoms with van der Waals surface area (Å²) in [4.78, 5) is 15.0. The van der Waals surface area contributed by atoms with E-state index >= 15 is 0 Å². The molecule has 108 valence electrons. The second-order valence-electron chi connectivity index (χ2n) is 4.74. The highest BCUT2D eigenvalue weighted by Gasteiger charge is 2.21. The van der Waals surface area contributed by atoms with Gasteiger partial charge in [-0.2, -0.15) is 0 Å². The number of anilines is 1. The van der Waals surface area contributed by atoms with E-state index in [0.717, 1.165) is 15.8 Å². The Morgan fingerprint density at radius 1 is 1.29 bits per heavy atom. The molecule has 0 atom stereocenters. The average molecular weight is 300 g/mol. The van der Waals surface area contributed by atoms with Crippen LogP contribution >= 0.6 is 11.3 Å². The lowest BCUT2D eigenvalue weighted by Gasteiger charge is -2.19. The Morgan fingerprint density at radius 2 is 2.10 bits per heavy atom. The van der Waals surface area contributed by atoms with Crippen LogP contribution in [0.3, 0.4) is 0 Å². The lowest BCUT2D eigenvalue weighted by molar-refractivity contribution is 0.0747. The Morgan fingerprint density at radius 3 is 2.76 bits per heavy atom. The number of nitrogens with two attached hydrogens (primary N) is 1. The third-order valence-electron chi connectivity index (χ3n) is 3.42. The van der Waals surface area contributed by atoms with Gasteiger partial charge in [0, 0.05) is 16.6 Å². The highest BCUT2D eigenvalue weighted by Crippen LogP contribution is 2.34. The molecule has 0 saturated carbocycles. The summed E-state index contributed by atoms with van der Waals surface area (Å²) in [7, 11) is 0. The molecule has 2 N–H and O–H groups in total. The first-order chi connectivity index (χ1) is 10.2. The molecule has 2 heterocycles. The van der Waals surface area contributed by atoms with Crippen molar-refractivity contribution in [2.24, 2.45) is 0 Å². The molecule has 4 nitrogen and oxygen atoms in total. The van der Waals surface area contributed by atoms with E-state index in [4.69, 9.17) is 10.2 Å². The van der Waals surface area contributed by atoms with Crippen LogP contribution in [0.25, 0.3) is 10.1 Å². The second kappa shape index (κ2) is 5.61. The Labute approximate surface area is 126 Å². The molecule has 0 aliphatic rings. The zero-order chi connectivity index (χ0) is 14.8. The molecule has 0 bridgehead atoms. The van der Waals surface area contributed by atoms with Gasteiger partial charge in [0.05, 0.1) is 18.5 Å². The molecule has 0 aliphatic heterocycles. The molecule has 0 spiro atoms. The normalized spacial score (nSPS) is 10.9. The maximum atomic E-state index is 12.7. The summed E-state index contributed by atoms with van der Waals surface area (Å²) in [6, 6.07) is 11.5. The van der Waals surface area contributed by atoms with Crippen molar-refractivity contribution in [2.75, 3.05) is 12.3 Å². The van der Waals surface area contributed by atoms with Gasteiger partial charge in [0.25, 0.3) is 5.91 Å². The van der Waals surface area contributed by atoms with Gasteiger partial charge >= 0.3 is 0 Å². The van der Waals surface area contributed by atoms with Crippen LogP contribution in [0.2, 0.25) is 0 Å². The van der Waals surface area contributed by atoms with Crippen molar-refractivity contribution in [2.45, 2.75) is 13.5 Å². The molecule has 0 saturated heterocycles. The SMILES string of the molecule is CCN(Cc1ccco1)C(=O)c1sc2ccccc2c1N. The summed E-state index contributed by atoms with van der Waals surface area (Å²) < 4.78 is 6.35. The van der Waals surface area contributed by atoms with Crippen molar-refractivity contribution in [3.63, 3.8) is 0 Å². The number of nitrogens with zero attached hydrogens (tertiary/aromatic N) is 1. The van der Waals surface area contributed by atoms with E-state index in [9.17, 15) is 4.79 Å². The Kier molecular flexibility index (Phi) is 3.66. The largest absolute Gasteiger partial charge is 0.467 e. The molecule has 0 unspecified atom stereocenters. The first kappa shape index (κ1) is 13.7. The van der Waals surface area contributed by atoms with Crippen LogP contribution in [-0.4, -0.2) is 17.4 Å². The predicted molar refractivity (Wildman–Crippen MR) is 85.4 cm³/mol. The number of hydrogen-bond acceptors (Lipinski definition) is 4. The summed E-state index contributed by atoms with van der Waals surface area (Å²) in [5, 5.41) is 0.944. The molecule has 21 heavy (non-hydrogen) atoms. The monoisotopic (exact) mass is 300 g/mol. The molecular weight excluding hydrogens is 284 g/mol. The molecule has 3 rings (SSSR count). The zero-order valence-corrected chi connectivity index (χ0v) is 12.5. The number of benzene rings is 1. The van der Waals surface area contributed by atoms with E-state index in [-0.39, 0.29) is 5.91 Å². The van der Waals surface area contributed by atoms with Gasteiger partial charge in [-0.05, 0) is 25.1 Å². The molecule has 0 fully saturated rings. The number of carbonyl (C=O) groups excluding carboxylic acids is 1. The zero-order valence-electron chi connectivity index (χ0n) is 11.7. The smallest absolute Gasteiger partial charge is 0.266 e. The number of thiophene rings is 1. The highest BCUT2D eigenvalue weighted by molar-refractivity contribution is 7.21. The number of hydrogen-bond donors (Lipinski definition) is 1. The van der Waals surface area contributed by atoms with Crippen LogP contribution in [-0.2, 0) is 6.54 Å². The molecule has 3 aromatic rings. The van der Waals surface area contributed by atoms with Gasteiger partial charge in [-0.25, -0.2) is 0 Å². The second-order valence-corrected chi connectivity index (χ2v) is 5.79. The van der Waals surface area contributed by atoms with Crippen molar-refractivity contribution in [3.05, 3.63) is 53.3 Å². The number of furan rings is 1. The van der Waals surface area contributed by atoms with E-state index < -0.39 is 0 Å². The Hall–Kier alpha value is -2.27. The number of carbonyl (C=O) groups is 1. The predicted octanol–water partition coefficient (Wildman–Crippen LogP) is 3.74. The molecule has 1 aromatic carbocycles. The number of fused-ring (bicyclic) bond motifs is 1. The van der Waals surface area contributed by atoms with Crippen molar-refractivity contribution in [1.29, 1.82) is 0 Å². The van der Waals surface area contributed by atoms with Crippen LogP contribution in [0.1, 0.15) is 22.4 Å². The van der Waals surface area contributed by atoms with Crippen molar-refractivity contribution >= 4 is 33.0 Å². The molecule has 2 aromatic heterocycles. The minimum Gasteiger partial charge on any atom is -0.467 e. The summed E-state index contributed by atoms with van der Waals surface area (Å²) in [6.07, 6.45) is 1.61. The topological polar surface area (TPSA) is 59.5 Å². The van der Waals surface area contributed by atoms with Crippen LogP contribution in [0.4, 0.5) is 5.69 Å². The highest BCUT2D eigenvalue weighted by atomic mass is 32.1. The van der Waals surface area contributed by atoms with E-state index in [0.29, 0.717) is 23.7 Å². The van der Waals surface area contributed by atoms with E-state index in [1.807, 2.05) is 43.3 Å². The lowest BCUT2D eigenvalue weighted by Crippen LogP contribution is -2.30. The van der Waals surface area contributed by atoms with Crippen LogP contribution < -0.4 is 5.73 Å². The number of amides is 1. The van der Waals surface area contributed by atoms with Crippen molar-refractivity contribution in [3.8, 4) is 0 Å². The third kappa shape index (κ3) is 2.52. The fourth-order valence-corrected chi connectivity index (χ4v) is 3.38. The van der Waals surface area contributed by atoms with Crippen LogP contribution in [0, 0.1) is 0 Å². The fourth-order valence-electron chi connectivity index (χ4n) is 2.29. The van der Waals surface area contributed by atoms with Gasteiger partial charge in [0.15, 0.2) is 0 Å².